The normalized spacial score (nSPS) is 24.9. The molecule has 0 aliphatic heterocycles. The number of alkyl carbamates (subject to hydrolysis) is 1. The zero-order valence-electron chi connectivity index (χ0n) is 10.9. The number of hydrogen-bond donors (Lipinski definition) is 1. The van der Waals surface area contributed by atoms with Crippen molar-refractivity contribution < 1.29 is 21.8 Å². The molecule has 7 heteroatoms. The summed E-state index contributed by atoms with van der Waals surface area (Å²) in [6.07, 6.45) is 1.21. The van der Waals surface area contributed by atoms with Crippen LogP contribution in [-0.4, -0.2) is 31.9 Å². The van der Waals surface area contributed by atoms with Crippen molar-refractivity contribution in [3.05, 3.63) is 0 Å². The Morgan fingerprint density at radius 3 is 2.50 bits per heavy atom. The fraction of sp³-hybridized carbons (Fsp3) is 0.909. The first-order chi connectivity index (χ1) is 8.05. The third-order valence-corrected chi connectivity index (χ3v) is 3.57. The molecule has 0 spiro atoms. The van der Waals surface area contributed by atoms with Crippen LogP contribution in [0.25, 0.3) is 0 Å². The first kappa shape index (κ1) is 15.2. The standard InChI is InChI=1S/C11H20FNO4S/c1-11(2,3)17-10(14)13-9-5-4-8(6-9)7-18(12,15)16/h8-9H,4-7H2,1-3H3,(H,13,14). The smallest absolute Gasteiger partial charge is 0.407 e. The van der Waals surface area contributed by atoms with Gasteiger partial charge in [-0.15, -0.1) is 3.89 Å². The molecule has 0 bridgehead atoms. The minimum atomic E-state index is -4.43. The summed E-state index contributed by atoms with van der Waals surface area (Å²) in [5, 5.41) is 2.67. The van der Waals surface area contributed by atoms with Gasteiger partial charge in [-0.2, -0.15) is 8.42 Å². The van der Waals surface area contributed by atoms with Crippen molar-refractivity contribution in [2.75, 3.05) is 5.75 Å². The van der Waals surface area contributed by atoms with Gasteiger partial charge >= 0.3 is 16.3 Å². The molecule has 0 aromatic heterocycles. The van der Waals surface area contributed by atoms with E-state index < -0.39 is 27.7 Å². The second kappa shape index (κ2) is 5.42. The number of amides is 1. The Labute approximate surface area is 107 Å². The lowest BCUT2D eigenvalue weighted by molar-refractivity contribution is 0.0505. The molecular formula is C11H20FNO4S. The number of halogens is 1. The molecule has 0 saturated heterocycles. The lowest BCUT2D eigenvalue weighted by Crippen LogP contribution is -2.38. The van der Waals surface area contributed by atoms with Crippen molar-refractivity contribution in [1.29, 1.82) is 0 Å². The number of carbonyl (C=O) groups excluding carboxylic acids is 1. The highest BCUT2D eigenvalue weighted by molar-refractivity contribution is 7.86. The molecule has 0 heterocycles. The fourth-order valence-corrected chi connectivity index (χ4v) is 2.98. The molecule has 1 amide bonds. The number of carbonyl (C=O) groups is 1. The Morgan fingerprint density at radius 1 is 1.39 bits per heavy atom. The van der Waals surface area contributed by atoms with Gasteiger partial charge in [-0.25, -0.2) is 4.79 Å². The van der Waals surface area contributed by atoms with Crippen LogP contribution in [0.1, 0.15) is 40.0 Å². The van der Waals surface area contributed by atoms with Gasteiger partial charge in [0.15, 0.2) is 0 Å². The van der Waals surface area contributed by atoms with Crippen LogP contribution in [0.2, 0.25) is 0 Å². The molecule has 1 aliphatic carbocycles. The minimum absolute atomic E-state index is 0.133. The molecule has 2 atom stereocenters. The summed E-state index contributed by atoms with van der Waals surface area (Å²) < 4.78 is 38.7. The summed E-state index contributed by atoms with van der Waals surface area (Å²) in [5.74, 6) is -0.681. The van der Waals surface area contributed by atoms with E-state index in [0.717, 1.165) is 0 Å². The topological polar surface area (TPSA) is 72.5 Å². The Morgan fingerprint density at radius 2 is 2.00 bits per heavy atom. The van der Waals surface area contributed by atoms with E-state index in [-0.39, 0.29) is 12.0 Å². The monoisotopic (exact) mass is 281 g/mol. The third kappa shape index (κ3) is 6.18. The Kier molecular flexibility index (Phi) is 4.58. The first-order valence-corrected chi connectivity index (χ1v) is 7.52. The van der Waals surface area contributed by atoms with Gasteiger partial charge in [-0.1, -0.05) is 0 Å². The average molecular weight is 281 g/mol. The van der Waals surface area contributed by atoms with Crippen molar-refractivity contribution in [3.63, 3.8) is 0 Å². The largest absolute Gasteiger partial charge is 0.444 e. The number of rotatable bonds is 3. The molecule has 1 aliphatic rings. The summed E-state index contributed by atoms with van der Waals surface area (Å²) in [6.45, 7) is 5.29. The molecule has 0 aromatic rings. The van der Waals surface area contributed by atoms with Crippen LogP contribution in [0.4, 0.5) is 8.68 Å². The van der Waals surface area contributed by atoms with Crippen molar-refractivity contribution in [2.45, 2.75) is 51.7 Å². The quantitative estimate of drug-likeness (QED) is 0.803. The van der Waals surface area contributed by atoms with E-state index in [1.807, 2.05) is 0 Å². The first-order valence-electron chi connectivity index (χ1n) is 5.97. The van der Waals surface area contributed by atoms with Crippen molar-refractivity contribution >= 4 is 16.3 Å². The molecule has 1 N–H and O–H groups in total. The Hall–Kier alpha value is -0.850. The molecule has 18 heavy (non-hydrogen) atoms. The highest BCUT2D eigenvalue weighted by atomic mass is 32.3. The SMILES string of the molecule is CC(C)(C)OC(=O)NC1CCC(CS(=O)(=O)F)C1. The molecule has 2 unspecified atom stereocenters. The molecule has 1 fully saturated rings. The number of nitrogens with one attached hydrogen (secondary N) is 1. The van der Waals surface area contributed by atoms with E-state index in [1.165, 1.54) is 0 Å². The van der Waals surface area contributed by atoms with Crippen LogP contribution in [0.5, 0.6) is 0 Å². The van der Waals surface area contributed by atoms with Crippen molar-refractivity contribution in [3.8, 4) is 0 Å². The Bertz CT molecular complexity index is 402. The van der Waals surface area contributed by atoms with Crippen LogP contribution in [0, 0.1) is 5.92 Å². The van der Waals surface area contributed by atoms with Crippen LogP contribution >= 0.6 is 0 Å². The van der Waals surface area contributed by atoms with Crippen LogP contribution in [0.15, 0.2) is 0 Å². The molecule has 1 saturated carbocycles. The van der Waals surface area contributed by atoms with E-state index in [9.17, 15) is 17.1 Å². The fourth-order valence-electron chi connectivity index (χ4n) is 2.11. The van der Waals surface area contributed by atoms with Gasteiger partial charge in [0.1, 0.15) is 5.60 Å². The van der Waals surface area contributed by atoms with E-state index >= 15 is 0 Å². The van der Waals surface area contributed by atoms with Gasteiger partial charge in [0.2, 0.25) is 0 Å². The lowest BCUT2D eigenvalue weighted by Gasteiger charge is -2.21. The predicted octanol–water partition coefficient (Wildman–Crippen LogP) is 1.98. The molecule has 1 rings (SSSR count). The molecule has 0 radical (unpaired) electrons. The van der Waals surface area contributed by atoms with Crippen molar-refractivity contribution in [2.24, 2.45) is 5.92 Å². The second-order valence-corrected chi connectivity index (χ2v) is 7.14. The maximum atomic E-state index is 12.5. The molecule has 106 valence electrons. The van der Waals surface area contributed by atoms with Gasteiger partial charge in [-0.3, -0.25) is 0 Å². The van der Waals surface area contributed by atoms with Gasteiger partial charge in [0.25, 0.3) is 0 Å². The van der Waals surface area contributed by atoms with Gasteiger partial charge in [0.05, 0.1) is 5.75 Å². The highest BCUT2D eigenvalue weighted by Crippen LogP contribution is 2.27. The van der Waals surface area contributed by atoms with Gasteiger partial charge in [-0.05, 0) is 46.0 Å². The summed E-state index contributed by atoms with van der Waals surface area (Å²) >= 11 is 0. The lowest BCUT2D eigenvalue weighted by atomic mass is 10.1. The third-order valence-electron chi connectivity index (χ3n) is 2.70. The summed E-state index contributed by atoms with van der Waals surface area (Å²) in [4.78, 5) is 11.5. The van der Waals surface area contributed by atoms with E-state index in [4.69, 9.17) is 4.74 Å². The summed E-state index contributed by atoms with van der Waals surface area (Å²) in [7, 11) is -4.43. The van der Waals surface area contributed by atoms with E-state index in [1.54, 1.807) is 20.8 Å². The Balaban J connectivity index is 2.37. The second-order valence-electron chi connectivity index (χ2n) is 5.73. The molecule has 5 nitrogen and oxygen atoms in total. The minimum Gasteiger partial charge on any atom is -0.444 e. The molecular weight excluding hydrogens is 261 g/mol. The molecule has 0 aromatic carbocycles. The predicted molar refractivity (Wildman–Crippen MR) is 65.4 cm³/mol. The zero-order chi connectivity index (χ0) is 14.0. The zero-order valence-corrected chi connectivity index (χ0v) is 11.7. The van der Waals surface area contributed by atoms with E-state index in [2.05, 4.69) is 5.32 Å². The number of ether oxygens (including phenoxy) is 1. The van der Waals surface area contributed by atoms with Gasteiger partial charge < -0.3 is 10.1 Å². The average Bonchev–Trinajstić information content (AvgIpc) is 2.44. The van der Waals surface area contributed by atoms with Crippen LogP contribution < -0.4 is 5.32 Å². The van der Waals surface area contributed by atoms with E-state index in [0.29, 0.717) is 19.3 Å². The number of hydrogen-bond acceptors (Lipinski definition) is 4. The van der Waals surface area contributed by atoms with Gasteiger partial charge in [0, 0.05) is 6.04 Å². The summed E-state index contributed by atoms with van der Waals surface area (Å²) in [5.41, 5.74) is -0.565. The summed E-state index contributed by atoms with van der Waals surface area (Å²) in [6, 6.07) is -0.133. The van der Waals surface area contributed by atoms with Crippen molar-refractivity contribution in [1.82, 2.24) is 5.32 Å². The maximum Gasteiger partial charge on any atom is 0.407 e. The highest BCUT2D eigenvalue weighted by Gasteiger charge is 2.30. The van der Waals surface area contributed by atoms with Crippen LogP contribution in [0.3, 0.4) is 0 Å². The maximum absolute atomic E-state index is 12.5. The van der Waals surface area contributed by atoms with Crippen LogP contribution in [-0.2, 0) is 15.0 Å².